The van der Waals surface area contributed by atoms with E-state index in [0.29, 0.717) is 24.6 Å². The van der Waals surface area contributed by atoms with Gasteiger partial charge < -0.3 is 30.1 Å². The number of amidine groups is 1. The number of hydrogen-bond donors (Lipinski definition) is 3. The molecule has 3 rings (SSSR count). The monoisotopic (exact) mass is 502 g/mol. The summed E-state index contributed by atoms with van der Waals surface area (Å²) in [4.78, 5) is 38.1. The average Bonchev–Trinajstić information content (AvgIpc) is 2.81. The molecule has 1 aromatic carbocycles. The van der Waals surface area contributed by atoms with Crippen LogP contribution in [0.4, 0.5) is 10.3 Å². The highest BCUT2D eigenvalue weighted by atomic mass is 19.1. The number of benzene rings is 1. The minimum absolute atomic E-state index is 0.0531. The first kappa shape index (κ1) is 26.5. The van der Waals surface area contributed by atoms with Crippen molar-refractivity contribution in [3.63, 3.8) is 0 Å². The van der Waals surface area contributed by atoms with Gasteiger partial charge in [0.25, 0.3) is 0 Å². The number of aliphatic hydroxyl groups excluding tert-OH is 1. The molecule has 13 heteroatoms. The zero-order valence-electron chi connectivity index (χ0n) is 19.6. The van der Waals surface area contributed by atoms with Gasteiger partial charge in [0.2, 0.25) is 5.95 Å². The van der Waals surface area contributed by atoms with Gasteiger partial charge in [-0.1, -0.05) is 23.4 Å². The van der Waals surface area contributed by atoms with E-state index in [1.807, 2.05) is 4.90 Å². The number of esters is 2. The molecule has 192 valence electrons. The molecule has 0 spiro atoms. The first-order chi connectivity index (χ1) is 17.3. The van der Waals surface area contributed by atoms with E-state index in [4.69, 9.17) is 25.5 Å². The van der Waals surface area contributed by atoms with Crippen LogP contribution in [-0.4, -0.2) is 71.5 Å². The highest BCUT2D eigenvalue weighted by Crippen LogP contribution is 2.26. The third kappa shape index (κ3) is 7.43. The van der Waals surface area contributed by atoms with Crippen LogP contribution in [0.1, 0.15) is 18.9 Å². The summed E-state index contributed by atoms with van der Waals surface area (Å²) in [6, 6.07) is 4.70. The summed E-state index contributed by atoms with van der Waals surface area (Å²) in [5.74, 6) is -1.95. The van der Waals surface area contributed by atoms with E-state index in [1.165, 1.54) is 25.4 Å². The largest absolute Gasteiger partial charge is 0.465 e. The number of halogens is 1. The molecule has 1 aliphatic rings. The first-order valence-corrected chi connectivity index (χ1v) is 11.0. The van der Waals surface area contributed by atoms with E-state index in [9.17, 15) is 19.1 Å². The lowest BCUT2D eigenvalue weighted by molar-refractivity contribution is -0.144. The third-order valence-electron chi connectivity index (χ3n) is 5.07. The summed E-state index contributed by atoms with van der Waals surface area (Å²) in [5.41, 5.74) is 6.80. The molecule has 0 bridgehead atoms. The van der Waals surface area contributed by atoms with Gasteiger partial charge in [-0.2, -0.15) is 0 Å². The van der Waals surface area contributed by atoms with Gasteiger partial charge >= 0.3 is 11.9 Å². The van der Waals surface area contributed by atoms with Crippen LogP contribution < -0.4 is 10.6 Å². The van der Waals surface area contributed by atoms with Crippen molar-refractivity contribution >= 4 is 29.4 Å². The van der Waals surface area contributed by atoms with Crippen LogP contribution in [-0.2, 0) is 30.5 Å². The van der Waals surface area contributed by atoms with E-state index in [1.54, 1.807) is 12.1 Å². The summed E-state index contributed by atoms with van der Waals surface area (Å²) >= 11 is 0. The van der Waals surface area contributed by atoms with Crippen LogP contribution in [0.25, 0.3) is 11.1 Å². The Kier molecular flexibility index (Phi) is 9.22. The van der Waals surface area contributed by atoms with Gasteiger partial charge in [0.1, 0.15) is 31.3 Å². The SMILES string of the molecule is CC(=O)OCC(CO)CON=C1CN(c2ncc(-c3cccc(COC(=O)CC(=N)N)c3F)cn2)C1. The number of ether oxygens (including phenoxy) is 2. The molecule has 1 unspecified atom stereocenters. The Hall–Kier alpha value is -4.13. The van der Waals surface area contributed by atoms with Gasteiger partial charge in [-0.05, 0) is 0 Å². The molecule has 1 atom stereocenters. The van der Waals surface area contributed by atoms with Gasteiger partial charge in [0, 0.05) is 36.0 Å². The molecule has 0 amide bonds. The molecule has 36 heavy (non-hydrogen) atoms. The number of carbonyl (C=O) groups is 2. The number of nitrogens with zero attached hydrogens (tertiary/aromatic N) is 4. The molecule has 1 aliphatic heterocycles. The Labute approximate surface area is 206 Å². The van der Waals surface area contributed by atoms with Gasteiger partial charge in [-0.15, -0.1) is 0 Å². The lowest BCUT2D eigenvalue weighted by atomic mass is 10.1. The van der Waals surface area contributed by atoms with E-state index in [2.05, 4.69) is 15.1 Å². The zero-order valence-corrected chi connectivity index (χ0v) is 19.6. The van der Waals surface area contributed by atoms with E-state index >= 15 is 0 Å². The summed E-state index contributed by atoms with van der Waals surface area (Å²) < 4.78 is 24.8. The Morgan fingerprint density at radius 2 is 1.97 bits per heavy atom. The van der Waals surface area contributed by atoms with Crippen molar-refractivity contribution < 1.29 is 33.4 Å². The van der Waals surface area contributed by atoms with Crippen LogP contribution in [0, 0.1) is 17.1 Å². The number of rotatable bonds is 12. The summed E-state index contributed by atoms with van der Waals surface area (Å²) in [6.45, 7) is 1.87. The second-order valence-electron chi connectivity index (χ2n) is 8.07. The van der Waals surface area contributed by atoms with Crippen molar-refractivity contribution in [3.05, 3.63) is 42.0 Å². The summed E-state index contributed by atoms with van der Waals surface area (Å²) in [5, 5.41) is 20.4. The number of nitrogens with two attached hydrogens (primary N) is 1. The standard InChI is InChI=1S/C23H27FN6O6/c1-14(32)34-11-15(10-31)12-36-29-18-8-30(9-18)23-27-6-17(7-28-23)19-4-2-3-16(22(19)24)13-35-21(33)5-20(25)26/h2-4,6-7,15,31H,5,8-13H2,1H3,(H3,25,26). The fraction of sp³-hybridized carbons (Fsp3) is 0.391. The van der Waals surface area contributed by atoms with Crippen LogP contribution in [0.3, 0.4) is 0 Å². The molecular formula is C23H27FN6O6. The predicted molar refractivity (Wildman–Crippen MR) is 127 cm³/mol. The van der Waals surface area contributed by atoms with Gasteiger partial charge in [-0.3, -0.25) is 15.0 Å². The first-order valence-electron chi connectivity index (χ1n) is 11.0. The topological polar surface area (TPSA) is 173 Å². The summed E-state index contributed by atoms with van der Waals surface area (Å²) in [7, 11) is 0. The minimum atomic E-state index is -0.710. The van der Waals surface area contributed by atoms with E-state index in [-0.39, 0.29) is 55.7 Å². The van der Waals surface area contributed by atoms with Crippen LogP contribution in [0.2, 0.25) is 0 Å². The van der Waals surface area contributed by atoms with Gasteiger partial charge in [0.05, 0.1) is 37.9 Å². The molecule has 0 aliphatic carbocycles. The molecule has 2 aromatic rings. The average molecular weight is 503 g/mol. The Morgan fingerprint density at radius 3 is 2.61 bits per heavy atom. The number of nitrogens with one attached hydrogen (secondary N) is 1. The van der Waals surface area contributed by atoms with Crippen LogP contribution in [0.5, 0.6) is 0 Å². The van der Waals surface area contributed by atoms with Crippen molar-refractivity contribution in [3.8, 4) is 11.1 Å². The van der Waals surface area contributed by atoms with Gasteiger partial charge in [0.15, 0.2) is 0 Å². The fourth-order valence-corrected chi connectivity index (χ4v) is 3.12. The van der Waals surface area contributed by atoms with Crippen molar-refractivity contribution in [2.75, 3.05) is 37.8 Å². The molecule has 12 nitrogen and oxygen atoms in total. The van der Waals surface area contributed by atoms with E-state index in [0.717, 1.165) is 5.71 Å². The van der Waals surface area contributed by atoms with Crippen molar-refractivity contribution in [1.29, 1.82) is 5.41 Å². The Bertz CT molecular complexity index is 1120. The number of anilines is 1. The number of carbonyl (C=O) groups excluding carboxylic acids is 2. The predicted octanol–water partition coefficient (Wildman–Crippen LogP) is 1.02. The second kappa shape index (κ2) is 12.5. The van der Waals surface area contributed by atoms with E-state index < -0.39 is 17.8 Å². The highest BCUT2D eigenvalue weighted by molar-refractivity contribution is 5.98. The smallest absolute Gasteiger partial charge is 0.313 e. The molecule has 0 saturated carbocycles. The number of aromatic nitrogens is 2. The van der Waals surface area contributed by atoms with Crippen molar-refractivity contribution in [2.45, 2.75) is 20.0 Å². The zero-order chi connectivity index (χ0) is 26.1. The lowest BCUT2D eigenvalue weighted by Gasteiger charge is -2.32. The summed E-state index contributed by atoms with van der Waals surface area (Å²) in [6.07, 6.45) is 2.64. The molecule has 1 aromatic heterocycles. The lowest BCUT2D eigenvalue weighted by Crippen LogP contribution is -2.48. The highest BCUT2D eigenvalue weighted by Gasteiger charge is 2.25. The molecule has 2 heterocycles. The number of oxime groups is 1. The van der Waals surface area contributed by atoms with Gasteiger partial charge in [-0.25, -0.2) is 14.4 Å². The number of hydrogen-bond acceptors (Lipinski definition) is 11. The molecule has 4 N–H and O–H groups in total. The van der Waals surface area contributed by atoms with Crippen LogP contribution in [0.15, 0.2) is 35.7 Å². The van der Waals surface area contributed by atoms with Crippen LogP contribution >= 0.6 is 0 Å². The molecule has 1 fully saturated rings. The maximum Gasteiger partial charge on any atom is 0.313 e. The van der Waals surface area contributed by atoms with Crippen molar-refractivity contribution in [1.82, 2.24) is 9.97 Å². The quantitative estimate of drug-likeness (QED) is 0.164. The normalized spacial score (nSPS) is 13.4. The molecular weight excluding hydrogens is 475 g/mol. The molecule has 0 radical (unpaired) electrons. The maximum atomic E-state index is 15.0. The second-order valence-corrected chi connectivity index (χ2v) is 8.07. The Balaban J connectivity index is 1.52. The molecule has 1 saturated heterocycles. The third-order valence-corrected chi connectivity index (χ3v) is 5.07. The maximum absolute atomic E-state index is 15.0. The minimum Gasteiger partial charge on any atom is -0.465 e. The fourth-order valence-electron chi connectivity index (χ4n) is 3.12. The number of aliphatic hydroxyl groups is 1. The Morgan fingerprint density at radius 1 is 1.25 bits per heavy atom. The van der Waals surface area contributed by atoms with Crippen molar-refractivity contribution in [2.24, 2.45) is 16.8 Å².